The van der Waals surface area contributed by atoms with Crippen molar-refractivity contribution in [3.8, 4) is 0 Å². The molecule has 4 N–H and O–H groups in total. The molecule has 1 aromatic rings. The molecule has 0 amide bonds. The molecule has 2 aliphatic heterocycles. The zero-order valence-electron chi connectivity index (χ0n) is 13.6. The van der Waals surface area contributed by atoms with Gasteiger partial charge in [0.15, 0.2) is 5.17 Å². The first-order valence-corrected chi connectivity index (χ1v) is 8.78. The van der Waals surface area contributed by atoms with Crippen LogP contribution in [0.25, 0.3) is 0 Å². The van der Waals surface area contributed by atoms with E-state index in [2.05, 4.69) is 15.5 Å². The number of nitrogens with zero attached hydrogens (tertiary/aromatic N) is 2. The summed E-state index contributed by atoms with van der Waals surface area (Å²) in [6, 6.07) is 3.48. The molecule has 25 heavy (non-hydrogen) atoms. The summed E-state index contributed by atoms with van der Waals surface area (Å²) in [4.78, 5) is 4.52. The Morgan fingerprint density at radius 2 is 2.36 bits per heavy atom. The number of rotatable bonds is 4. The van der Waals surface area contributed by atoms with Crippen LogP contribution < -0.4 is 11.2 Å². The van der Waals surface area contributed by atoms with Gasteiger partial charge in [0, 0.05) is 36.6 Å². The molecule has 134 valence electrons. The van der Waals surface area contributed by atoms with E-state index in [0.29, 0.717) is 23.1 Å². The summed E-state index contributed by atoms with van der Waals surface area (Å²) in [5.41, 5.74) is 8.31. The van der Waals surface area contributed by atoms with Gasteiger partial charge < -0.3 is 21.3 Å². The SMILES string of the molecule is CN/N=C(\C=N)[C@H]1C[C@H]2CSC(N)=N[C@@]2(c2ccc(F)cc2F)CO1. The monoisotopic (exact) mass is 367 g/mol. The topological polar surface area (TPSA) is 95.9 Å². The van der Waals surface area contributed by atoms with E-state index in [9.17, 15) is 8.78 Å². The van der Waals surface area contributed by atoms with Gasteiger partial charge in [0.25, 0.3) is 0 Å². The Bertz CT molecular complexity index is 741. The van der Waals surface area contributed by atoms with E-state index in [0.717, 1.165) is 12.3 Å². The molecule has 0 unspecified atom stereocenters. The second-order valence-corrected chi connectivity index (χ2v) is 6.99. The lowest BCUT2D eigenvalue weighted by molar-refractivity contribution is -0.0245. The van der Waals surface area contributed by atoms with Crippen LogP contribution in [-0.2, 0) is 10.3 Å². The lowest BCUT2D eigenvalue weighted by Crippen LogP contribution is -2.52. The standard InChI is InChI=1S/C16H19F2N5OS/c1-21-23-13(6-19)14-4-9-7-25-15(20)22-16(9,8-24-14)11-3-2-10(17)5-12(11)18/h2-3,5-6,9,14,19,21H,4,7-8H2,1H3,(H2,20,22)/b19-6?,23-13+/t9-,14+,16-/m0/s1. The van der Waals surface area contributed by atoms with E-state index in [-0.39, 0.29) is 24.2 Å². The third-order valence-electron chi connectivity index (χ3n) is 4.54. The molecule has 0 spiro atoms. The molecular formula is C16H19F2N5OS. The van der Waals surface area contributed by atoms with Crippen molar-refractivity contribution in [2.45, 2.75) is 18.1 Å². The molecule has 1 aromatic carbocycles. The van der Waals surface area contributed by atoms with Gasteiger partial charge >= 0.3 is 0 Å². The number of benzene rings is 1. The van der Waals surface area contributed by atoms with Gasteiger partial charge in [-0.25, -0.2) is 13.8 Å². The minimum atomic E-state index is -0.990. The van der Waals surface area contributed by atoms with Gasteiger partial charge in [-0.05, 0) is 12.5 Å². The van der Waals surface area contributed by atoms with Gasteiger partial charge in [0.2, 0.25) is 0 Å². The molecule has 3 atom stereocenters. The summed E-state index contributed by atoms with van der Waals surface area (Å²) in [5.74, 6) is -0.744. The number of aliphatic imine (C=N–C) groups is 1. The summed E-state index contributed by atoms with van der Waals surface area (Å²) >= 11 is 1.40. The number of hydrazone groups is 1. The summed E-state index contributed by atoms with van der Waals surface area (Å²) in [6.07, 6.45) is 1.26. The molecule has 0 saturated carbocycles. The highest BCUT2D eigenvalue weighted by molar-refractivity contribution is 8.13. The lowest BCUT2D eigenvalue weighted by atomic mass is 9.74. The van der Waals surface area contributed by atoms with E-state index in [1.807, 2.05) is 0 Å². The van der Waals surface area contributed by atoms with Crippen LogP contribution in [0.3, 0.4) is 0 Å². The van der Waals surface area contributed by atoms with Crippen molar-refractivity contribution in [1.82, 2.24) is 5.43 Å². The molecule has 1 saturated heterocycles. The van der Waals surface area contributed by atoms with Crippen LogP contribution in [0, 0.1) is 23.0 Å². The van der Waals surface area contributed by atoms with Crippen molar-refractivity contribution >= 4 is 28.9 Å². The molecule has 9 heteroatoms. The van der Waals surface area contributed by atoms with Gasteiger partial charge in [0.1, 0.15) is 29.0 Å². The van der Waals surface area contributed by atoms with Gasteiger partial charge in [-0.3, -0.25) is 0 Å². The average molecular weight is 367 g/mol. The first kappa shape index (κ1) is 17.8. The molecule has 2 heterocycles. The smallest absolute Gasteiger partial charge is 0.154 e. The van der Waals surface area contributed by atoms with Crippen LogP contribution in [0.5, 0.6) is 0 Å². The summed E-state index contributed by atoms with van der Waals surface area (Å²) in [7, 11) is 1.64. The first-order chi connectivity index (χ1) is 12.0. The van der Waals surface area contributed by atoms with Crippen LogP contribution in [0.2, 0.25) is 0 Å². The highest BCUT2D eigenvalue weighted by atomic mass is 32.2. The fraction of sp³-hybridized carbons (Fsp3) is 0.438. The molecule has 6 nitrogen and oxygen atoms in total. The number of hydrogen-bond acceptors (Lipinski definition) is 7. The summed E-state index contributed by atoms with van der Waals surface area (Å²) in [5, 5.41) is 11.9. The fourth-order valence-electron chi connectivity index (χ4n) is 3.34. The minimum absolute atomic E-state index is 0.0782. The quantitative estimate of drug-likeness (QED) is 0.559. The van der Waals surface area contributed by atoms with E-state index >= 15 is 0 Å². The first-order valence-electron chi connectivity index (χ1n) is 7.80. The Hall–Kier alpha value is -2.00. The zero-order valence-corrected chi connectivity index (χ0v) is 14.4. The van der Waals surface area contributed by atoms with E-state index in [4.69, 9.17) is 15.9 Å². The predicted molar refractivity (Wildman–Crippen MR) is 95.2 cm³/mol. The Morgan fingerprint density at radius 3 is 3.04 bits per heavy atom. The summed E-state index contributed by atoms with van der Waals surface area (Å²) in [6.45, 7) is 0.0860. The Kier molecular flexibility index (Phi) is 5.05. The van der Waals surface area contributed by atoms with Crippen molar-refractivity contribution in [3.63, 3.8) is 0 Å². The summed E-state index contributed by atoms with van der Waals surface area (Å²) < 4.78 is 33.7. The maximum Gasteiger partial charge on any atom is 0.154 e. The second kappa shape index (κ2) is 7.09. The molecule has 0 bridgehead atoms. The predicted octanol–water partition coefficient (Wildman–Crippen LogP) is 1.85. The Morgan fingerprint density at radius 1 is 1.56 bits per heavy atom. The molecule has 1 fully saturated rings. The van der Waals surface area contributed by atoms with Gasteiger partial charge in [-0.1, -0.05) is 17.8 Å². The Balaban J connectivity index is 2.00. The van der Waals surface area contributed by atoms with Gasteiger partial charge in [-0.15, -0.1) is 0 Å². The number of amidine groups is 1. The van der Waals surface area contributed by atoms with Crippen LogP contribution in [0.15, 0.2) is 28.3 Å². The third-order valence-corrected chi connectivity index (χ3v) is 5.49. The third kappa shape index (κ3) is 3.25. The lowest BCUT2D eigenvalue weighted by Gasteiger charge is -2.46. The largest absolute Gasteiger partial charge is 0.379 e. The van der Waals surface area contributed by atoms with Crippen LogP contribution in [0.1, 0.15) is 12.0 Å². The van der Waals surface area contributed by atoms with Gasteiger partial charge in [0.05, 0.1) is 6.61 Å². The number of nitrogens with two attached hydrogens (primary N) is 1. The zero-order chi connectivity index (χ0) is 18.0. The van der Waals surface area contributed by atoms with Crippen molar-refractivity contribution < 1.29 is 13.5 Å². The van der Waals surface area contributed by atoms with Crippen molar-refractivity contribution in [3.05, 3.63) is 35.4 Å². The van der Waals surface area contributed by atoms with E-state index in [1.165, 1.54) is 23.9 Å². The Labute approximate surface area is 148 Å². The molecule has 0 radical (unpaired) electrons. The normalized spacial score (nSPS) is 29.6. The van der Waals surface area contributed by atoms with Crippen LogP contribution in [-0.4, -0.2) is 42.6 Å². The maximum absolute atomic E-state index is 14.5. The second-order valence-electron chi connectivity index (χ2n) is 5.95. The highest BCUT2D eigenvalue weighted by Crippen LogP contribution is 2.46. The average Bonchev–Trinajstić information content (AvgIpc) is 2.59. The molecule has 0 aliphatic carbocycles. The number of fused-ring (bicyclic) bond motifs is 1. The molecule has 3 rings (SSSR count). The van der Waals surface area contributed by atoms with Crippen molar-refractivity contribution in [2.75, 3.05) is 19.4 Å². The van der Waals surface area contributed by atoms with Crippen LogP contribution in [0.4, 0.5) is 8.78 Å². The van der Waals surface area contributed by atoms with Crippen molar-refractivity contribution in [2.24, 2.45) is 21.7 Å². The molecule has 0 aromatic heterocycles. The highest BCUT2D eigenvalue weighted by Gasteiger charge is 2.50. The van der Waals surface area contributed by atoms with E-state index in [1.54, 1.807) is 7.05 Å². The van der Waals surface area contributed by atoms with E-state index < -0.39 is 17.2 Å². The number of hydrogen-bond donors (Lipinski definition) is 3. The minimum Gasteiger partial charge on any atom is -0.379 e. The number of halogens is 2. The molecular weight excluding hydrogens is 348 g/mol. The number of thioether (sulfide) groups is 1. The fourth-order valence-corrected chi connectivity index (χ4v) is 4.35. The van der Waals surface area contributed by atoms with Gasteiger partial charge in [-0.2, -0.15) is 5.10 Å². The molecule has 2 aliphatic rings. The van der Waals surface area contributed by atoms with Crippen LogP contribution >= 0.6 is 11.8 Å². The number of nitrogens with one attached hydrogen (secondary N) is 2. The van der Waals surface area contributed by atoms with Crippen molar-refractivity contribution in [1.29, 1.82) is 5.41 Å². The maximum atomic E-state index is 14.5. The number of ether oxygens (including phenoxy) is 1.